The van der Waals surface area contributed by atoms with Crippen LogP contribution in [0.25, 0.3) is 0 Å². The lowest BCUT2D eigenvalue weighted by Crippen LogP contribution is -2.34. The maximum absolute atomic E-state index is 12.2. The molecule has 1 fully saturated rings. The van der Waals surface area contributed by atoms with Crippen LogP contribution < -0.4 is 15.5 Å². The minimum atomic E-state index is -0.240. The molecule has 0 aliphatic carbocycles. The summed E-state index contributed by atoms with van der Waals surface area (Å²) in [5, 5.41) is 5.73. The van der Waals surface area contributed by atoms with E-state index in [4.69, 9.17) is 0 Å². The summed E-state index contributed by atoms with van der Waals surface area (Å²) in [4.78, 5) is 26.1. The lowest BCUT2D eigenvalue weighted by Gasteiger charge is -2.17. The van der Waals surface area contributed by atoms with Crippen molar-refractivity contribution in [1.82, 2.24) is 5.32 Å². The first-order valence-corrected chi connectivity index (χ1v) is 8.50. The Morgan fingerprint density at radius 2 is 1.80 bits per heavy atom. The molecule has 5 nitrogen and oxygen atoms in total. The Hall–Kier alpha value is -2.82. The molecule has 0 aromatic heterocycles. The molecule has 130 valence electrons. The van der Waals surface area contributed by atoms with E-state index in [1.807, 2.05) is 56.3 Å². The van der Waals surface area contributed by atoms with Crippen LogP contribution in [-0.4, -0.2) is 25.0 Å². The van der Waals surface area contributed by atoms with Crippen LogP contribution in [0.3, 0.4) is 0 Å². The van der Waals surface area contributed by atoms with E-state index in [1.54, 1.807) is 4.90 Å². The van der Waals surface area contributed by atoms with Crippen LogP contribution in [0.4, 0.5) is 16.2 Å². The molecule has 1 saturated heterocycles. The van der Waals surface area contributed by atoms with Crippen LogP contribution in [-0.2, 0) is 4.79 Å². The van der Waals surface area contributed by atoms with Crippen molar-refractivity contribution in [3.63, 3.8) is 0 Å². The molecule has 0 spiro atoms. The molecule has 1 aliphatic rings. The molecule has 2 aromatic rings. The first-order valence-electron chi connectivity index (χ1n) is 8.50. The SMILES string of the molecule is Cc1cc(C)cc(NC(=O)NCC2CC(=O)N(c3ccccc3)C2)c1. The van der Waals surface area contributed by atoms with E-state index in [0.29, 0.717) is 19.5 Å². The van der Waals surface area contributed by atoms with Gasteiger partial charge in [0.15, 0.2) is 0 Å². The van der Waals surface area contributed by atoms with Crippen molar-refractivity contribution in [2.45, 2.75) is 20.3 Å². The molecule has 3 amide bonds. The van der Waals surface area contributed by atoms with Gasteiger partial charge in [0.2, 0.25) is 5.91 Å². The molecule has 0 radical (unpaired) electrons. The summed E-state index contributed by atoms with van der Waals surface area (Å²) in [6.45, 7) is 5.11. The first kappa shape index (κ1) is 17.0. The second-order valence-electron chi connectivity index (χ2n) is 6.62. The van der Waals surface area contributed by atoms with Gasteiger partial charge in [0, 0.05) is 36.8 Å². The average Bonchev–Trinajstić information content (AvgIpc) is 2.94. The van der Waals surface area contributed by atoms with Gasteiger partial charge in [-0.1, -0.05) is 24.3 Å². The Morgan fingerprint density at radius 3 is 2.48 bits per heavy atom. The van der Waals surface area contributed by atoms with Crippen LogP contribution in [0, 0.1) is 19.8 Å². The molecule has 1 heterocycles. The Morgan fingerprint density at radius 1 is 1.12 bits per heavy atom. The third kappa shape index (κ3) is 4.38. The third-order valence-corrected chi connectivity index (χ3v) is 4.30. The number of carbonyl (C=O) groups excluding carboxylic acids is 2. The number of nitrogens with one attached hydrogen (secondary N) is 2. The fraction of sp³-hybridized carbons (Fsp3) is 0.300. The summed E-state index contributed by atoms with van der Waals surface area (Å²) in [7, 11) is 0. The first-order chi connectivity index (χ1) is 12.0. The van der Waals surface area contributed by atoms with E-state index in [-0.39, 0.29) is 17.9 Å². The maximum atomic E-state index is 12.2. The van der Waals surface area contributed by atoms with Crippen LogP contribution in [0.1, 0.15) is 17.5 Å². The molecule has 1 unspecified atom stereocenters. The molecule has 0 bridgehead atoms. The average molecular weight is 337 g/mol. The highest BCUT2D eigenvalue weighted by atomic mass is 16.2. The molecule has 5 heteroatoms. The second-order valence-corrected chi connectivity index (χ2v) is 6.62. The molecular weight excluding hydrogens is 314 g/mol. The zero-order chi connectivity index (χ0) is 17.8. The summed E-state index contributed by atoms with van der Waals surface area (Å²) in [5.41, 5.74) is 3.91. The molecule has 1 atom stereocenters. The quantitative estimate of drug-likeness (QED) is 0.897. The van der Waals surface area contributed by atoms with Gasteiger partial charge >= 0.3 is 6.03 Å². The lowest BCUT2D eigenvalue weighted by atomic mass is 10.1. The van der Waals surface area contributed by atoms with Crippen LogP contribution in [0.15, 0.2) is 48.5 Å². The van der Waals surface area contributed by atoms with E-state index in [9.17, 15) is 9.59 Å². The van der Waals surface area contributed by atoms with Gasteiger partial charge in [-0.15, -0.1) is 0 Å². The summed E-state index contributed by atoms with van der Waals surface area (Å²) in [6, 6.07) is 15.3. The number of nitrogens with zero attached hydrogens (tertiary/aromatic N) is 1. The van der Waals surface area contributed by atoms with Gasteiger partial charge in [-0.25, -0.2) is 4.79 Å². The van der Waals surface area contributed by atoms with E-state index in [0.717, 1.165) is 22.5 Å². The molecule has 2 N–H and O–H groups in total. The number of aryl methyl sites for hydroxylation is 2. The predicted octanol–water partition coefficient (Wildman–Crippen LogP) is 3.48. The van der Waals surface area contributed by atoms with Gasteiger partial charge in [0.25, 0.3) is 0 Å². The summed E-state index contributed by atoms with van der Waals surface area (Å²) in [5.74, 6) is 0.227. The van der Waals surface area contributed by atoms with Crippen molar-refractivity contribution in [3.8, 4) is 0 Å². The normalized spacial score (nSPS) is 16.8. The number of carbonyl (C=O) groups is 2. The van der Waals surface area contributed by atoms with E-state index in [2.05, 4.69) is 16.7 Å². The number of amides is 3. The Balaban J connectivity index is 1.52. The Kier molecular flexibility index (Phi) is 5.03. The van der Waals surface area contributed by atoms with Gasteiger partial charge in [0.1, 0.15) is 0 Å². The highest BCUT2D eigenvalue weighted by Gasteiger charge is 2.30. The van der Waals surface area contributed by atoms with Crippen molar-refractivity contribution in [2.24, 2.45) is 5.92 Å². The molecule has 0 saturated carbocycles. The zero-order valence-corrected chi connectivity index (χ0v) is 14.6. The minimum Gasteiger partial charge on any atom is -0.338 e. The summed E-state index contributed by atoms with van der Waals surface area (Å²) < 4.78 is 0. The third-order valence-electron chi connectivity index (χ3n) is 4.30. The molecular formula is C20H23N3O2. The highest BCUT2D eigenvalue weighted by Crippen LogP contribution is 2.24. The molecule has 2 aromatic carbocycles. The molecule has 1 aliphatic heterocycles. The van der Waals surface area contributed by atoms with Crippen molar-refractivity contribution < 1.29 is 9.59 Å². The van der Waals surface area contributed by atoms with Crippen molar-refractivity contribution in [2.75, 3.05) is 23.3 Å². The van der Waals surface area contributed by atoms with Gasteiger partial charge < -0.3 is 15.5 Å². The number of anilines is 2. The standard InChI is InChI=1S/C20H23N3O2/c1-14-8-15(2)10-17(9-14)22-20(25)21-12-16-11-19(24)23(13-16)18-6-4-3-5-7-18/h3-10,16H,11-13H2,1-2H3,(H2,21,22,25). The van der Waals surface area contributed by atoms with Crippen molar-refractivity contribution in [1.29, 1.82) is 0 Å². The van der Waals surface area contributed by atoms with Crippen molar-refractivity contribution in [3.05, 3.63) is 59.7 Å². The van der Waals surface area contributed by atoms with Crippen LogP contribution in [0.2, 0.25) is 0 Å². The zero-order valence-electron chi connectivity index (χ0n) is 14.6. The van der Waals surface area contributed by atoms with Gasteiger partial charge in [-0.05, 0) is 49.2 Å². The fourth-order valence-electron chi connectivity index (χ4n) is 3.23. The van der Waals surface area contributed by atoms with E-state index < -0.39 is 0 Å². The van der Waals surface area contributed by atoms with Gasteiger partial charge in [-0.3, -0.25) is 4.79 Å². The van der Waals surface area contributed by atoms with Gasteiger partial charge in [-0.2, -0.15) is 0 Å². The largest absolute Gasteiger partial charge is 0.338 e. The monoisotopic (exact) mass is 337 g/mol. The van der Waals surface area contributed by atoms with E-state index >= 15 is 0 Å². The Labute approximate surface area is 148 Å². The number of benzene rings is 2. The molecule has 3 rings (SSSR count). The Bertz CT molecular complexity index is 754. The fourth-order valence-corrected chi connectivity index (χ4v) is 3.23. The number of hydrogen-bond acceptors (Lipinski definition) is 2. The highest BCUT2D eigenvalue weighted by molar-refractivity contribution is 5.96. The smallest absolute Gasteiger partial charge is 0.319 e. The summed E-state index contributed by atoms with van der Waals surface area (Å²) in [6.07, 6.45) is 0.457. The number of urea groups is 1. The minimum absolute atomic E-state index is 0.104. The number of rotatable bonds is 4. The van der Waals surface area contributed by atoms with Crippen LogP contribution >= 0.6 is 0 Å². The number of para-hydroxylation sites is 1. The second kappa shape index (κ2) is 7.38. The van der Waals surface area contributed by atoms with Crippen LogP contribution in [0.5, 0.6) is 0 Å². The van der Waals surface area contributed by atoms with Crippen molar-refractivity contribution >= 4 is 23.3 Å². The topological polar surface area (TPSA) is 61.4 Å². The molecule has 25 heavy (non-hydrogen) atoms. The lowest BCUT2D eigenvalue weighted by molar-refractivity contribution is -0.117. The summed E-state index contributed by atoms with van der Waals surface area (Å²) >= 11 is 0. The number of hydrogen-bond donors (Lipinski definition) is 2. The van der Waals surface area contributed by atoms with Gasteiger partial charge in [0.05, 0.1) is 0 Å². The predicted molar refractivity (Wildman–Crippen MR) is 99.8 cm³/mol. The maximum Gasteiger partial charge on any atom is 0.319 e. The van der Waals surface area contributed by atoms with E-state index in [1.165, 1.54) is 0 Å².